The van der Waals surface area contributed by atoms with E-state index in [1.54, 1.807) is 18.5 Å². The first kappa shape index (κ1) is 16.0. The molecular formula is C17H20ClNO2. The van der Waals surface area contributed by atoms with Crippen LogP contribution in [0.1, 0.15) is 30.9 Å². The van der Waals surface area contributed by atoms with E-state index in [4.69, 9.17) is 21.1 Å². The summed E-state index contributed by atoms with van der Waals surface area (Å²) in [5.41, 5.74) is 2.01. The summed E-state index contributed by atoms with van der Waals surface area (Å²) in [5.74, 6) is -0.104. The molecule has 0 aliphatic heterocycles. The molecule has 4 heteroatoms. The van der Waals surface area contributed by atoms with Gasteiger partial charge in [-0.2, -0.15) is 0 Å². The lowest BCUT2D eigenvalue weighted by atomic mass is 9.91. The molecule has 2 rings (SSSR count). The van der Waals surface area contributed by atoms with Crippen LogP contribution >= 0.6 is 11.6 Å². The number of rotatable bonds is 7. The monoisotopic (exact) mass is 305 g/mol. The Morgan fingerprint density at radius 3 is 2.29 bits per heavy atom. The fourth-order valence-corrected chi connectivity index (χ4v) is 2.55. The third-order valence-electron chi connectivity index (χ3n) is 3.22. The van der Waals surface area contributed by atoms with Gasteiger partial charge in [-0.25, -0.2) is 0 Å². The van der Waals surface area contributed by atoms with Gasteiger partial charge < -0.3 is 9.47 Å². The van der Waals surface area contributed by atoms with Gasteiger partial charge in [-0.05, 0) is 25.5 Å². The highest BCUT2D eigenvalue weighted by Crippen LogP contribution is 2.34. The van der Waals surface area contributed by atoms with Crippen molar-refractivity contribution in [2.75, 3.05) is 13.2 Å². The molecule has 1 aromatic carbocycles. The molecule has 1 heterocycles. The van der Waals surface area contributed by atoms with Crippen molar-refractivity contribution < 1.29 is 9.47 Å². The molecular weight excluding hydrogens is 286 g/mol. The van der Waals surface area contributed by atoms with Crippen molar-refractivity contribution in [3.63, 3.8) is 0 Å². The number of hydrogen-bond acceptors (Lipinski definition) is 3. The predicted molar refractivity (Wildman–Crippen MR) is 84.6 cm³/mol. The molecule has 0 amide bonds. The highest BCUT2D eigenvalue weighted by molar-refractivity contribution is 6.31. The number of pyridine rings is 1. The number of benzene rings is 1. The highest BCUT2D eigenvalue weighted by Gasteiger charge is 2.28. The van der Waals surface area contributed by atoms with Crippen molar-refractivity contribution in [2.45, 2.75) is 26.1 Å². The smallest absolute Gasteiger partial charge is 0.168 e. The van der Waals surface area contributed by atoms with Crippen LogP contribution in [0, 0.1) is 0 Å². The lowest BCUT2D eigenvalue weighted by molar-refractivity contribution is -0.143. The molecule has 1 aromatic heterocycles. The summed E-state index contributed by atoms with van der Waals surface area (Å²) in [6, 6.07) is 11.9. The highest BCUT2D eigenvalue weighted by atomic mass is 35.5. The Morgan fingerprint density at radius 2 is 1.71 bits per heavy atom. The lowest BCUT2D eigenvalue weighted by Crippen LogP contribution is -2.27. The third-order valence-corrected chi connectivity index (χ3v) is 3.57. The summed E-state index contributed by atoms with van der Waals surface area (Å²) >= 11 is 6.36. The molecule has 0 radical (unpaired) electrons. The van der Waals surface area contributed by atoms with Crippen LogP contribution in [0.25, 0.3) is 0 Å². The maximum atomic E-state index is 6.36. The third kappa shape index (κ3) is 4.03. The zero-order valence-electron chi connectivity index (χ0n) is 12.3. The summed E-state index contributed by atoms with van der Waals surface area (Å²) in [6.07, 6.45) is 3.08. The van der Waals surface area contributed by atoms with E-state index in [2.05, 4.69) is 17.1 Å². The van der Waals surface area contributed by atoms with Crippen LogP contribution in [0.4, 0.5) is 0 Å². The minimum absolute atomic E-state index is 0.104. The molecule has 1 atom stereocenters. The van der Waals surface area contributed by atoms with Crippen molar-refractivity contribution in [3.8, 4) is 0 Å². The van der Waals surface area contributed by atoms with E-state index in [0.717, 1.165) is 11.1 Å². The van der Waals surface area contributed by atoms with Gasteiger partial charge in [-0.15, -0.1) is 0 Å². The Morgan fingerprint density at radius 1 is 1.05 bits per heavy atom. The fraction of sp³-hybridized carbons (Fsp3) is 0.353. The van der Waals surface area contributed by atoms with Crippen LogP contribution in [-0.2, 0) is 9.47 Å². The second-order valence-electron chi connectivity index (χ2n) is 4.56. The summed E-state index contributed by atoms with van der Waals surface area (Å²) in [4.78, 5) is 4.20. The van der Waals surface area contributed by atoms with E-state index < -0.39 is 0 Å². The Bertz CT molecular complexity index is 541. The van der Waals surface area contributed by atoms with Crippen molar-refractivity contribution in [1.82, 2.24) is 4.98 Å². The van der Waals surface area contributed by atoms with Crippen LogP contribution in [0.5, 0.6) is 0 Å². The van der Waals surface area contributed by atoms with Gasteiger partial charge in [0.1, 0.15) is 0 Å². The second-order valence-corrected chi connectivity index (χ2v) is 4.97. The maximum absolute atomic E-state index is 6.36. The molecule has 1 unspecified atom stereocenters. The van der Waals surface area contributed by atoms with E-state index in [0.29, 0.717) is 18.2 Å². The first-order chi connectivity index (χ1) is 10.3. The molecule has 21 heavy (non-hydrogen) atoms. The molecule has 0 N–H and O–H groups in total. The minimum atomic E-state index is -0.385. The molecule has 0 aliphatic carbocycles. The summed E-state index contributed by atoms with van der Waals surface area (Å²) in [6.45, 7) is 5.07. The molecule has 0 fully saturated rings. The topological polar surface area (TPSA) is 31.4 Å². The van der Waals surface area contributed by atoms with Crippen molar-refractivity contribution in [1.29, 1.82) is 0 Å². The molecule has 0 spiro atoms. The second kappa shape index (κ2) is 8.13. The SMILES string of the molecule is CCOC(OCC)C(c1ccccc1)c1cnccc1Cl. The molecule has 0 aliphatic rings. The molecule has 0 saturated heterocycles. The van der Waals surface area contributed by atoms with Gasteiger partial charge >= 0.3 is 0 Å². The Balaban J connectivity index is 2.46. The predicted octanol–water partition coefficient (Wildman–Crippen LogP) is 4.27. The lowest BCUT2D eigenvalue weighted by Gasteiger charge is -2.28. The van der Waals surface area contributed by atoms with Gasteiger partial charge in [0.2, 0.25) is 0 Å². The average molecular weight is 306 g/mol. The molecule has 112 valence electrons. The number of nitrogens with zero attached hydrogens (tertiary/aromatic N) is 1. The largest absolute Gasteiger partial charge is 0.352 e. The van der Waals surface area contributed by atoms with E-state index in [9.17, 15) is 0 Å². The Kier molecular flexibility index (Phi) is 6.18. The number of ether oxygens (including phenoxy) is 2. The van der Waals surface area contributed by atoms with Crippen LogP contribution in [0.3, 0.4) is 0 Å². The van der Waals surface area contributed by atoms with E-state index in [-0.39, 0.29) is 12.2 Å². The number of hydrogen-bond donors (Lipinski definition) is 0. The molecule has 3 nitrogen and oxygen atoms in total. The fourth-order valence-electron chi connectivity index (χ4n) is 2.33. The Labute approximate surface area is 130 Å². The number of halogens is 1. The average Bonchev–Trinajstić information content (AvgIpc) is 2.51. The van der Waals surface area contributed by atoms with Gasteiger partial charge in [0.05, 0.1) is 5.92 Å². The minimum Gasteiger partial charge on any atom is -0.352 e. The van der Waals surface area contributed by atoms with Gasteiger partial charge in [-0.1, -0.05) is 41.9 Å². The zero-order valence-corrected chi connectivity index (χ0v) is 13.1. The van der Waals surface area contributed by atoms with Gasteiger partial charge in [-0.3, -0.25) is 4.98 Å². The molecule has 2 aromatic rings. The van der Waals surface area contributed by atoms with Crippen LogP contribution in [-0.4, -0.2) is 24.5 Å². The molecule has 0 bridgehead atoms. The van der Waals surface area contributed by atoms with Crippen LogP contribution < -0.4 is 0 Å². The van der Waals surface area contributed by atoms with E-state index >= 15 is 0 Å². The quantitative estimate of drug-likeness (QED) is 0.716. The van der Waals surface area contributed by atoms with E-state index in [1.807, 2.05) is 32.0 Å². The Hall–Kier alpha value is -1.42. The first-order valence-corrected chi connectivity index (χ1v) is 7.53. The van der Waals surface area contributed by atoms with Gasteiger partial charge in [0.25, 0.3) is 0 Å². The first-order valence-electron chi connectivity index (χ1n) is 7.15. The van der Waals surface area contributed by atoms with Gasteiger partial charge in [0, 0.05) is 36.2 Å². The van der Waals surface area contributed by atoms with Crippen molar-refractivity contribution >= 4 is 11.6 Å². The standard InChI is InChI=1S/C17H20ClNO2/c1-3-20-17(21-4-2)16(13-8-6-5-7-9-13)14-12-19-11-10-15(14)18/h5-12,16-17H,3-4H2,1-2H3. The molecule has 0 saturated carbocycles. The van der Waals surface area contributed by atoms with Crippen molar-refractivity contribution in [3.05, 3.63) is 64.9 Å². The zero-order chi connectivity index (χ0) is 15.1. The van der Waals surface area contributed by atoms with Crippen LogP contribution in [0.15, 0.2) is 48.8 Å². The van der Waals surface area contributed by atoms with Gasteiger partial charge in [0.15, 0.2) is 6.29 Å². The van der Waals surface area contributed by atoms with Crippen LogP contribution in [0.2, 0.25) is 5.02 Å². The van der Waals surface area contributed by atoms with E-state index in [1.165, 1.54) is 0 Å². The number of aromatic nitrogens is 1. The van der Waals surface area contributed by atoms with Crippen molar-refractivity contribution in [2.24, 2.45) is 0 Å². The summed E-state index contributed by atoms with van der Waals surface area (Å²) in [7, 11) is 0. The summed E-state index contributed by atoms with van der Waals surface area (Å²) in [5, 5.41) is 0.670. The normalized spacial score (nSPS) is 12.6. The maximum Gasteiger partial charge on any atom is 0.168 e. The summed E-state index contributed by atoms with van der Waals surface area (Å²) < 4.78 is 11.6.